The Morgan fingerprint density at radius 3 is 0.929 bits per heavy atom. The van der Waals surface area contributed by atoms with Crippen LogP contribution in [-0.4, -0.2) is 16.2 Å². The maximum Gasteiger partial charge on any atom is 1.00 e. The number of carbonyl (C=O) groups excluding carboxylic acids is 1. The summed E-state index contributed by atoms with van der Waals surface area (Å²) in [4.78, 5) is 25.5. The molecule has 0 fully saturated rings. The van der Waals surface area contributed by atoms with Crippen molar-refractivity contribution in [3.05, 3.63) is 30.6 Å². The van der Waals surface area contributed by atoms with Crippen LogP contribution in [0.25, 0.3) is 0 Å². The number of hydrogen-bond acceptors (Lipinski definition) is 7. The van der Waals surface area contributed by atoms with E-state index in [1.54, 1.807) is 0 Å². The van der Waals surface area contributed by atoms with Crippen LogP contribution in [0.3, 0.4) is 0 Å². The fourth-order valence-electron chi connectivity index (χ4n) is 0. The first kappa shape index (κ1) is 29.3. The monoisotopic (exact) mass is 225 g/mol. The molecule has 12 nitrogen and oxygen atoms in total. The van der Waals surface area contributed by atoms with Gasteiger partial charge in [0.25, 0.3) is 0 Å². The molecule has 0 bridgehead atoms. The maximum atomic E-state index is 9.00. The second kappa shape index (κ2) is 22.6. The van der Waals surface area contributed by atoms with Gasteiger partial charge in [-0.3, -0.25) is 0 Å². The minimum Gasteiger partial charge on any atom is -0.369 e. The Balaban J connectivity index is -0.0000000270. The van der Waals surface area contributed by atoms with E-state index in [4.69, 9.17) is 35.4 Å². The summed E-state index contributed by atoms with van der Waals surface area (Å²) < 4.78 is 0. The molecular formula is CH8N5NaO7. The van der Waals surface area contributed by atoms with Crippen molar-refractivity contribution in [2.45, 2.75) is 0 Å². The third-order valence-electron chi connectivity index (χ3n) is 0. The Bertz CT molecular complexity index is 120. The third-order valence-corrected chi connectivity index (χ3v) is 0. The van der Waals surface area contributed by atoms with Crippen LogP contribution in [0.5, 0.6) is 0 Å². The molecule has 0 saturated carbocycles. The van der Waals surface area contributed by atoms with Gasteiger partial charge in [-0.15, -0.1) is 0 Å². The Kier molecular flexibility index (Phi) is 47.3. The molecule has 0 aromatic carbocycles. The molecule has 8 N–H and O–H groups in total. The van der Waals surface area contributed by atoms with Crippen molar-refractivity contribution >= 4 is 6.03 Å². The first-order chi connectivity index (χ1) is 5.20. The second-order valence-electron chi connectivity index (χ2n) is 0.850. The molecule has 80 valence electrons. The van der Waals surface area contributed by atoms with Gasteiger partial charge in [0.15, 0.2) is 0 Å². The molecule has 0 aliphatic rings. The summed E-state index contributed by atoms with van der Waals surface area (Å²) in [6.45, 7) is 0. The molecule has 0 aliphatic heterocycles. The number of primary amides is 2. The van der Waals surface area contributed by atoms with Gasteiger partial charge in [-0.05, 0) is 0 Å². The predicted molar refractivity (Wildman–Crippen MR) is 40.5 cm³/mol. The number of amides is 2. The van der Waals surface area contributed by atoms with E-state index in [9.17, 15) is 0 Å². The van der Waals surface area contributed by atoms with Gasteiger partial charge in [0.05, 0.1) is 10.2 Å². The summed E-state index contributed by atoms with van der Waals surface area (Å²) in [5, 5.41) is 29.5. The van der Waals surface area contributed by atoms with E-state index in [1.165, 1.54) is 0 Å². The zero-order chi connectivity index (χ0) is 10.7. The predicted octanol–water partition coefficient (Wildman–Crippen LogP) is -4.07. The van der Waals surface area contributed by atoms with Gasteiger partial charge < -0.3 is 48.3 Å². The number of urea groups is 1. The normalized spacial score (nSPS) is 5.14. The van der Waals surface area contributed by atoms with E-state index in [0.29, 0.717) is 0 Å². The van der Waals surface area contributed by atoms with Crippen LogP contribution in [0.15, 0.2) is 0 Å². The fraction of sp³-hybridized carbons (Fsp3) is 0. The third kappa shape index (κ3) is 525. The summed E-state index contributed by atoms with van der Waals surface area (Å²) >= 11 is 0. The first-order valence-electron chi connectivity index (χ1n) is 1.88. The Morgan fingerprint density at radius 1 is 0.929 bits per heavy atom. The van der Waals surface area contributed by atoms with Gasteiger partial charge >= 0.3 is 35.6 Å². The topological polar surface area (TPSA) is 238 Å². The van der Waals surface area contributed by atoms with Crippen LogP contribution in [0.2, 0.25) is 0 Å². The number of carbonyl (C=O) groups is 1. The van der Waals surface area contributed by atoms with Gasteiger partial charge in [-0.1, -0.05) is 0 Å². The van der Waals surface area contributed by atoms with Crippen molar-refractivity contribution in [3.63, 3.8) is 0 Å². The fourth-order valence-corrected chi connectivity index (χ4v) is 0. The number of quaternary nitrogens is 1. The average molecular weight is 225 g/mol. The van der Waals surface area contributed by atoms with Crippen LogP contribution in [-0.2, 0) is 0 Å². The molecule has 0 aromatic heterocycles. The molecule has 0 atom stereocenters. The van der Waals surface area contributed by atoms with Crippen molar-refractivity contribution < 1.29 is 44.5 Å². The largest absolute Gasteiger partial charge is 1.00 e. The van der Waals surface area contributed by atoms with Crippen LogP contribution in [0, 0.1) is 30.6 Å². The summed E-state index contributed by atoms with van der Waals surface area (Å²) in [6, 6.07) is -0.833. The Morgan fingerprint density at radius 2 is 0.929 bits per heavy atom. The number of nitrogens with zero attached hydrogens (tertiary/aromatic N) is 2. The molecule has 0 aliphatic carbocycles. The van der Waals surface area contributed by atoms with E-state index in [1.807, 2.05) is 0 Å². The zero-order valence-electron chi connectivity index (χ0n) is 7.41. The van der Waals surface area contributed by atoms with E-state index in [2.05, 4.69) is 11.5 Å². The molecule has 0 spiro atoms. The van der Waals surface area contributed by atoms with Gasteiger partial charge in [0.2, 0.25) is 0 Å². The molecular weight excluding hydrogens is 217 g/mol. The molecule has 14 heavy (non-hydrogen) atoms. The van der Waals surface area contributed by atoms with Crippen molar-refractivity contribution in [2.75, 3.05) is 0 Å². The van der Waals surface area contributed by atoms with Crippen LogP contribution in [0.4, 0.5) is 4.79 Å². The molecule has 0 saturated heterocycles. The van der Waals surface area contributed by atoms with E-state index in [0.717, 1.165) is 0 Å². The minimum atomic E-state index is -1.75. The minimum absolute atomic E-state index is 0. The molecule has 13 heteroatoms. The number of nitrogens with two attached hydrogens (primary N) is 2. The van der Waals surface area contributed by atoms with Crippen LogP contribution < -0.4 is 47.2 Å². The second-order valence-corrected chi connectivity index (χ2v) is 0.850. The van der Waals surface area contributed by atoms with Crippen molar-refractivity contribution in [2.24, 2.45) is 11.5 Å². The van der Waals surface area contributed by atoms with Gasteiger partial charge in [0.1, 0.15) is 0 Å². The molecule has 2 amide bonds. The standard InChI is InChI=1S/CH4N2O.2NO3.H3N.Na/c3*2-1(3)4;;/h(H4,2,3,4);;;1H3;/q;2*-1;;+1/p+1. The average Bonchev–Trinajstić information content (AvgIpc) is 1.54. The molecule has 0 aromatic rings. The molecule has 0 unspecified atom stereocenters. The van der Waals surface area contributed by atoms with Gasteiger partial charge in [0, 0.05) is 0 Å². The molecule has 0 rings (SSSR count). The van der Waals surface area contributed by atoms with Crippen LogP contribution >= 0.6 is 0 Å². The Hall–Kier alpha value is -1.37. The number of hydrogen-bond donors (Lipinski definition) is 3. The van der Waals surface area contributed by atoms with E-state index in [-0.39, 0.29) is 35.7 Å². The summed E-state index contributed by atoms with van der Waals surface area (Å²) in [5.74, 6) is 0. The van der Waals surface area contributed by atoms with Crippen molar-refractivity contribution in [1.29, 1.82) is 0 Å². The van der Waals surface area contributed by atoms with E-state index >= 15 is 0 Å². The molecule has 0 heterocycles. The molecule has 0 radical (unpaired) electrons. The summed E-state index contributed by atoms with van der Waals surface area (Å²) in [6.07, 6.45) is 0. The van der Waals surface area contributed by atoms with Gasteiger partial charge in [-0.25, -0.2) is 4.79 Å². The van der Waals surface area contributed by atoms with Gasteiger partial charge in [-0.2, -0.15) is 0 Å². The zero-order valence-corrected chi connectivity index (χ0v) is 9.41. The quantitative estimate of drug-likeness (QED) is 0.209. The number of rotatable bonds is 0. The van der Waals surface area contributed by atoms with E-state index < -0.39 is 16.2 Å². The summed E-state index contributed by atoms with van der Waals surface area (Å²) in [7, 11) is 0. The smallest absolute Gasteiger partial charge is 0.369 e. The summed E-state index contributed by atoms with van der Waals surface area (Å²) in [5.41, 5.74) is 8.50. The first-order valence-corrected chi connectivity index (χ1v) is 1.88. The van der Waals surface area contributed by atoms with Crippen molar-refractivity contribution in [1.82, 2.24) is 6.15 Å². The van der Waals surface area contributed by atoms with Crippen molar-refractivity contribution in [3.8, 4) is 0 Å². The maximum absolute atomic E-state index is 9.00. The van der Waals surface area contributed by atoms with Crippen LogP contribution in [0.1, 0.15) is 0 Å². The Labute approximate surface area is 98.9 Å². The SMILES string of the molecule is NC(N)=O.O=[N+]([O-])[O-].O=[N+]([O-])[O-].[NH4+].[Na+].